The topological polar surface area (TPSA) is 9.23 Å². The maximum Gasteiger partial charge on any atom is 0.523 e. The van der Waals surface area contributed by atoms with E-state index in [0.717, 1.165) is 0 Å². The highest BCUT2D eigenvalue weighted by Gasteiger charge is 2.61. The summed E-state index contributed by atoms with van der Waals surface area (Å²) in [6.45, 7) is 0. The van der Waals surface area contributed by atoms with Crippen molar-refractivity contribution in [3.63, 3.8) is 0 Å². The van der Waals surface area contributed by atoms with E-state index in [1.807, 2.05) is 4.74 Å². The molecule has 0 aliphatic carbocycles. The van der Waals surface area contributed by atoms with Gasteiger partial charge in [-0.15, -0.1) is 13.2 Å². The number of ether oxygens (including phenoxy) is 1. The summed E-state index contributed by atoms with van der Waals surface area (Å²) >= 11 is 0. The Labute approximate surface area is 70.4 Å². The van der Waals surface area contributed by atoms with Gasteiger partial charge in [0, 0.05) is 0 Å². The average molecular weight is 236 g/mol. The molecule has 0 heterocycles. The largest absolute Gasteiger partial charge is 0.523 e. The molecule has 0 aromatic heterocycles. The van der Waals surface area contributed by atoms with Crippen molar-refractivity contribution in [1.29, 1.82) is 0 Å². The molecule has 0 aromatic carbocycles. The van der Waals surface area contributed by atoms with Crippen LogP contribution in [0.25, 0.3) is 0 Å². The van der Waals surface area contributed by atoms with Gasteiger partial charge in [-0.3, -0.25) is 4.74 Å². The first-order chi connectivity index (χ1) is 5.84. The van der Waals surface area contributed by atoms with E-state index >= 15 is 0 Å². The highest BCUT2D eigenvalue weighted by molar-refractivity contribution is 4.76. The van der Waals surface area contributed by atoms with Gasteiger partial charge in [0.2, 0.25) is 0 Å². The fourth-order valence-electron chi connectivity index (χ4n) is 0.453. The number of halogens is 9. The Hall–Kier alpha value is -0.670. The van der Waals surface area contributed by atoms with Crippen molar-refractivity contribution < 1.29 is 44.3 Å². The molecule has 0 aliphatic heterocycles. The Morgan fingerprint density at radius 1 is 0.643 bits per heavy atom. The molecule has 86 valence electrons. The monoisotopic (exact) mass is 236 g/mol. The number of alkyl halides is 9. The molecule has 0 spiro atoms. The van der Waals surface area contributed by atoms with Gasteiger partial charge >= 0.3 is 18.7 Å². The lowest BCUT2D eigenvalue weighted by Gasteiger charge is -2.23. The molecule has 0 N–H and O–H groups in total. The first-order valence-electron chi connectivity index (χ1n) is 2.72. The summed E-state index contributed by atoms with van der Waals surface area (Å²) in [5.41, 5.74) is 0. The van der Waals surface area contributed by atoms with Gasteiger partial charge in [0.1, 0.15) is 0 Å². The molecular formula is C4HF9O. The summed E-state index contributed by atoms with van der Waals surface area (Å²) in [6, 6.07) is 0. The number of hydrogen-bond donors (Lipinski definition) is 0. The van der Waals surface area contributed by atoms with Gasteiger partial charge < -0.3 is 0 Å². The second kappa shape index (κ2) is 3.48. The van der Waals surface area contributed by atoms with Gasteiger partial charge in [-0.1, -0.05) is 0 Å². The minimum absolute atomic E-state index is 1.92. The minimum Gasteiger partial charge on any atom is -0.269 e. The van der Waals surface area contributed by atoms with Crippen molar-refractivity contribution in [2.75, 3.05) is 0 Å². The van der Waals surface area contributed by atoms with Crippen molar-refractivity contribution in [2.24, 2.45) is 0 Å². The van der Waals surface area contributed by atoms with Gasteiger partial charge in [-0.25, -0.2) is 0 Å². The summed E-state index contributed by atoms with van der Waals surface area (Å²) in [4.78, 5) is 0. The molecule has 0 aliphatic rings. The minimum atomic E-state index is -6.16. The molecule has 1 nitrogen and oxygen atoms in total. The van der Waals surface area contributed by atoms with Gasteiger partial charge in [0.05, 0.1) is 0 Å². The predicted molar refractivity (Wildman–Crippen MR) is 23.0 cm³/mol. The Balaban J connectivity index is 4.78. The second-order valence-corrected chi connectivity index (χ2v) is 2.03. The van der Waals surface area contributed by atoms with E-state index in [2.05, 4.69) is 0 Å². The van der Waals surface area contributed by atoms with E-state index in [4.69, 9.17) is 0 Å². The molecule has 10 heteroatoms. The van der Waals surface area contributed by atoms with E-state index in [9.17, 15) is 39.5 Å². The molecule has 0 unspecified atom stereocenters. The Bertz CT molecular complexity index is 170. The molecule has 0 atom stereocenters. The standard InChI is InChI=1S/C4HF9O/c5-2(6,7)1(3(8,9)10)14-4(11,12)13/h1H. The third kappa shape index (κ3) is 4.53. The summed E-state index contributed by atoms with van der Waals surface area (Å²) < 4.78 is 104. The zero-order valence-electron chi connectivity index (χ0n) is 5.89. The van der Waals surface area contributed by atoms with Gasteiger partial charge in [0.15, 0.2) is 0 Å². The van der Waals surface area contributed by atoms with Crippen LogP contribution in [0.4, 0.5) is 39.5 Å². The number of rotatable bonds is 1. The zero-order chi connectivity index (χ0) is 11.8. The third-order valence-corrected chi connectivity index (χ3v) is 0.846. The van der Waals surface area contributed by atoms with Gasteiger partial charge in [-0.2, -0.15) is 26.3 Å². The summed E-state index contributed by atoms with van der Waals surface area (Å²) in [5, 5.41) is 0. The van der Waals surface area contributed by atoms with Crippen molar-refractivity contribution >= 4 is 0 Å². The molecule has 14 heavy (non-hydrogen) atoms. The van der Waals surface area contributed by atoms with Crippen molar-refractivity contribution in [3.05, 3.63) is 0 Å². The van der Waals surface area contributed by atoms with Crippen LogP contribution in [0.1, 0.15) is 0 Å². The molecule has 0 radical (unpaired) electrons. The van der Waals surface area contributed by atoms with E-state index < -0.39 is 24.8 Å². The van der Waals surface area contributed by atoms with Crippen LogP contribution in [0.3, 0.4) is 0 Å². The molecule has 0 amide bonds. The highest BCUT2D eigenvalue weighted by Crippen LogP contribution is 2.38. The van der Waals surface area contributed by atoms with E-state index in [1.165, 1.54) is 0 Å². The lowest BCUT2D eigenvalue weighted by Crippen LogP contribution is -2.47. The number of hydrogen-bond acceptors (Lipinski definition) is 1. The maximum absolute atomic E-state index is 11.4. The molecule has 0 rings (SSSR count). The molecule has 0 fully saturated rings. The Kier molecular flexibility index (Phi) is 3.31. The van der Waals surface area contributed by atoms with Crippen molar-refractivity contribution in [2.45, 2.75) is 24.8 Å². The fraction of sp³-hybridized carbons (Fsp3) is 1.00. The fourth-order valence-corrected chi connectivity index (χ4v) is 0.453. The average Bonchev–Trinajstić information content (AvgIpc) is 1.75. The third-order valence-electron chi connectivity index (χ3n) is 0.846. The van der Waals surface area contributed by atoms with Crippen LogP contribution in [0, 0.1) is 0 Å². The van der Waals surface area contributed by atoms with Crippen LogP contribution < -0.4 is 0 Å². The summed E-state index contributed by atoms with van der Waals surface area (Å²) in [6.07, 6.45) is -23.2. The highest BCUT2D eigenvalue weighted by atomic mass is 19.4. The second-order valence-electron chi connectivity index (χ2n) is 2.03. The van der Waals surface area contributed by atoms with Crippen LogP contribution in [0.15, 0.2) is 0 Å². The summed E-state index contributed by atoms with van der Waals surface area (Å²) in [5.74, 6) is 0. The van der Waals surface area contributed by atoms with E-state index in [1.54, 1.807) is 0 Å². The van der Waals surface area contributed by atoms with Gasteiger partial charge in [-0.05, 0) is 0 Å². The van der Waals surface area contributed by atoms with E-state index in [0.29, 0.717) is 0 Å². The van der Waals surface area contributed by atoms with Crippen molar-refractivity contribution in [3.8, 4) is 0 Å². The molecule has 0 bridgehead atoms. The lowest BCUT2D eigenvalue weighted by atomic mass is 10.3. The first-order valence-corrected chi connectivity index (χ1v) is 2.72. The SMILES string of the molecule is FC(F)(F)OC(C(F)(F)F)C(F)(F)F. The van der Waals surface area contributed by atoms with Crippen LogP contribution in [-0.4, -0.2) is 24.8 Å². The maximum atomic E-state index is 11.4. The van der Waals surface area contributed by atoms with Crippen LogP contribution >= 0.6 is 0 Å². The zero-order valence-corrected chi connectivity index (χ0v) is 5.89. The molecule has 0 aromatic rings. The quantitative estimate of drug-likeness (QED) is 0.636. The lowest BCUT2D eigenvalue weighted by molar-refractivity contribution is -0.423. The van der Waals surface area contributed by atoms with Crippen LogP contribution in [-0.2, 0) is 4.74 Å². The molecule has 0 saturated carbocycles. The Morgan fingerprint density at radius 3 is 1.00 bits per heavy atom. The van der Waals surface area contributed by atoms with Crippen LogP contribution in [0.2, 0.25) is 0 Å². The van der Waals surface area contributed by atoms with Crippen LogP contribution in [0.5, 0.6) is 0 Å². The van der Waals surface area contributed by atoms with E-state index in [-0.39, 0.29) is 0 Å². The normalized spacial score (nSPS) is 15.0. The van der Waals surface area contributed by atoms with Gasteiger partial charge in [0.25, 0.3) is 6.10 Å². The summed E-state index contributed by atoms with van der Waals surface area (Å²) in [7, 11) is 0. The predicted octanol–water partition coefficient (Wildman–Crippen LogP) is 3.02. The molecule has 0 saturated heterocycles. The smallest absolute Gasteiger partial charge is 0.269 e. The molecular weight excluding hydrogens is 235 g/mol. The first kappa shape index (κ1) is 13.3. The van der Waals surface area contributed by atoms with Crippen molar-refractivity contribution in [1.82, 2.24) is 0 Å². The Morgan fingerprint density at radius 2 is 0.929 bits per heavy atom.